The van der Waals surface area contributed by atoms with Gasteiger partial charge < -0.3 is 9.80 Å². The van der Waals surface area contributed by atoms with E-state index in [-0.39, 0.29) is 5.91 Å². The van der Waals surface area contributed by atoms with E-state index >= 15 is 0 Å². The lowest BCUT2D eigenvalue weighted by molar-refractivity contribution is 0.0993. The molecule has 0 N–H and O–H groups in total. The summed E-state index contributed by atoms with van der Waals surface area (Å²) >= 11 is 0. The number of hydrogen-bond donors (Lipinski definition) is 0. The van der Waals surface area contributed by atoms with Crippen molar-refractivity contribution in [3.05, 3.63) is 65.2 Å². The molecule has 1 aliphatic rings. The van der Waals surface area contributed by atoms with Crippen LogP contribution in [-0.4, -0.2) is 31.0 Å². The van der Waals surface area contributed by atoms with Crippen LogP contribution in [0.5, 0.6) is 0 Å². The monoisotopic (exact) mass is 359 g/mol. The molecular weight excluding hydrogens is 334 g/mol. The van der Waals surface area contributed by atoms with Crippen LogP contribution in [0.25, 0.3) is 10.9 Å². The third-order valence-electron chi connectivity index (χ3n) is 5.36. The molecule has 0 saturated carbocycles. The molecule has 0 bridgehead atoms. The fourth-order valence-electron chi connectivity index (χ4n) is 3.90. The van der Waals surface area contributed by atoms with Crippen molar-refractivity contribution in [3.63, 3.8) is 0 Å². The molecule has 4 heteroatoms. The quantitative estimate of drug-likeness (QED) is 0.678. The number of nitrogens with zero attached hydrogens (tertiary/aromatic N) is 3. The van der Waals surface area contributed by atoms with Crippen molar-refractivity contribution in [1.29, 1.82) is 0 Å². The van der Waals surface area contributed by atoms with Gasteiger partial charge in [-0.15, -0.1) is 0 Å². The summed E-state index contributed by atoms with van der Waals surface area (Å²) in [7, 11) is 1.85. The van der Waals surface area contributed by atoms with Gasteiger partial charge in [-0.3, -0.25) is 4.79 Å². The van der Waals surface area contributed by atoms with Crippen LogP contribution in [-0.2, 0) is 0 Å². The lowest BCUT2D eigenvalue weighted by Crippen LogP contribution is -2.30. The number of carbonyl (C=O) groups excluding carboxylic acids is 1. The number of carbonyl (C=O) groups is 1. The fourth-order valence-corrected chi connectivity index (χ4v) is 3.90. The molecule has 3 aromatic rings. The Bertz CT molecular complexity index is 1010. The molecule has 4 nitrogen and oxygen atoms in total. The molecule has 4 rings (SSSR count). The van der Waals surface area contributed by atoms with Crippen LogP contribution >= 0.6 is 0 Å². The second-order valence-electron chi connectivity index (χ2n) is 7.40. The van der Waals surface area contributed by atoms with Crippen molar-refractivity contribution in [2.45, 2.75) is 26.7 Å². The lowest BCUT2D eigenvalue weighted by Gasteiger charge is -2.24. The minimum atomic E-state index is -0.0119. The van der Waals surface area contributed by atoms with Crippen LogP contribution in [0, 0.1) is 13.8 Å². The summed E-state index contributed by atoms with van der Waals surface area (Å²) < 4.78 is 0. The Labute approximate surface area is 160 Å². The molecule has 0 unspecified atom stereocenters. The van der Waals surface area contributed by atoms with E-state index < -0.39 is 0 Å². The van der Waals surface area contributed by atoms with E-state index in [1.807, 2.05) is 56.4 Å². The number of amides is 1. The summed E-state index contributed by atoms with van der Waals surface area (Å²) in [5.41, 5.74) is 4.85. The molecule has 1 aromatic heterocycles. The average molecular weight is 359 g/mol. The molecule has 1 saturated heterocycles. The van der Waals surface area contributed by atoms with Gasteiger partial charge in [-0.25, -0.2) is 4.98 Å². The highest BCUT2D eigenvalue weighted by Crippen LogP contribution is 2.29. The fraction of sp³-hybridized carbons (Fsp3) is 0.304. The molecule has 0 aliphatic carbocycles. The summed E-state index contributed by atoms with van der Waals surface area (Å²) in [5.74, 6) is 0.801. The highest BCUT2D eigenvalue weighted by Gasteiger charge is 2.25. The van der Waals surface area contributed by atoms with Crippen LogP contribution in [0.2, 0.25) is 0 Å². The Morgan fingerprint density at radius 1 is 1.04 bits per heavy atom. The predicted octanol–water partition coefficient (Wildman–Crippen LogP) is 4.73. The van der Waals surface area contributed by atoms with Crippen LogP contribution in [0.4, 0.5) is 11.5 Å². The van der Waals surface area contributed by atoms with E-state index in [1.165, 1.54) is 5.56 Å². The standard InChI is InChI=1S/C23H25N3O/c1-16-10-11-21(17(2)14-16)25(3)23(27)19-15-18-8-4-5-9-20(18)24-22(19)26-12-6-7-13-26/h4-5,8-11,14-15H,6-7,12-13H2,1-3H3. The maximum Gasteiger partial charge on any atom is 0.261 e. The van der Waals surface area contributed by atoms with Crippen LogP contribution < -0.4 is 9.80 Å². The van der Waals surface area contributed by atoms with Gasteiger partial charge in [0.25, 0.3) is 5.91 Å². The number of para-hydroxylation sites is 1. The number of aryl methyl sites for hydroxylation is 2. The Morgan fingerprint density at radius 2 is 1.78 bits per heavy atom. The molecule has 27 heavy (non-hydrogen) atoms. The third-order valence-corrected chi connectivity index (χ3v) is 5.36. The zero-order chi connectivity index (χ0) is 19.0. The van der Waals surface area contributed by atoms with Crippen LogP contribution in [0.3, 0.4) is 0 Å². The van der Waals surface area contributed by atoms with E-state index in [0.717, 1.165) is 53.9 Å². The van der Waals surface area contributed by atoms with Gasteiger partial charge in [0, 0.05) is 31.2 Å². The topological polar surface area (TPSA) is 36.4 Å². The zero-order valence-electron chi connectivity index (χ0n) is 16.2. The van der Waals surface area contributed by atoms with Gasteiger partial charge in [0.2, 0.25) is 0 Å². The number of aromatic nitrogens is 1. The molecule has 2 aromatic carbocycles. The summed E-state index contributed by atoms with van der Waals surface area (Å²) in [4.78, 5) is 22.3. The average Bonchev–Trinajstić information content (AvgIpc) is 3.20. The number of benzene rings is 2. The first kappa shape index (κ1) is 17.5. The first-order valence-electron chi connectivity index (χ1n) is 9.54. The van der Waals surface area contributed by atoms with Crippen LogP contribution in [0.1, 0.15) is 34.3 Å². The predicted molar refractivity (Wildman–Crippen MR) is 112 cm³/mol. The number of anilines is 2. The molecule has 1 fully saturated rings. The summed E-state index contributed by atoms with van der Waals surface area (Å²) in [5, 5.41) is 0.998. The molecule has 0 atom stereocenters. The number of fused-ring (bicyclic) bond motifs is 1. The van der Waals surface area contributed by atoms with Crippen molar-refractivity contribution in [2.75, 3.05) is 29.9 Å². The second kappa shape index (κ2) is 7.03. The van der Waals surface area contributed by atoms with Gasteiger partial charge in [-0.2, -0.15) is 0 Å². The van der Waals surface area contributed by atoms with Crippen molar-refractivity contribution in [2.24, 2.45) is 0 Å². The van der Waals surface area contributed by atoms with E-state index in [4.69, 9.17) is 4.98 Å². The minimum Gasteiger partial charge on any atom is -0.356 e. The van der Waals surface area contributed by atoms with Crippen molar-refractivity contribution < 1.29 is 4.79 Å². The van der Waals surface area contributed by atoms with Crippen molar-refractivity contribution in [3.8, 4) is 0 Å². The van der Waals surface area contributed by atoms with Gasteiger partial charge in [-0.05, 0) is 50.5 Å². The van der Waals surface area contributed by atoms with Crippen molar-refractivity contribution >= 4 is 28.3 Å². The number of rotatable bonds is 3. The Kier molecular flexibility index (Phi) is 4.56. The van der Waals surface area contributed by atoms with Gasteiger partial charge in [0.15, 0.2) is 0 Å². The first-order valence-corrected chi connectivity index (χ1v) is 9.54. The van der Waals surface area contributed by atoms with Gasteiger partial charge in [0.05, 0.1) is 11.1 Å². The highest BCUT2D eigenvalue weighted by atomic mass is 16.2. The Hall–Kier alpha value is -2.88. The molecule has 1 aliphatic heterocycles. The van der Waals surface area contributed by atoms with Gasteiger partial charge >= 0.3 is 0 Å². The maximum absolute atomic E-state index is 13.5. The molecule has 0 radical (unpaired) electrons. The smallest absolute Gasteiger partial charge is 0.261 e. The molecule has 2 heterocycles. The maximum atomic E-state index is 13.5. The van der Waals surface area contributed by atoms with E-state index in [9.17, 15) is 4.79 Å². The number of pyridine rings is 1. The minimum absolute atomic E-state index is 0.0119. The van der Waals surface area contributed by atoms with E-state index in [1.54, 1.807) is 4.90 Å². The molecule has 1 amide bonds. The Morgan fingerprint density at radius 3 is 2.52 bits per heavy atom. The van der Waals surface area contributed by atoms with Gasteiger partial charge in [0.1, 0.15) is 5.82 Å². The summed E-state index contributed by atoms with van der Waals surface area (Å²) in [6, 6.07) is 16.2. The number of hydrogen-bond acceptors (Lipinski definition) is 3. The first-order chi connectivity index (χ1) is 13.0. The lowest BCUT2D eigenvalue weighted by atomic mass is 10.1. The summed E-state index contributed by atoms with van der Waals surface area (Å²) in [6.45, 7) is 6.03. The SMILES string of the molecule is Cc1ccc(N(C)C(=O)c2cc3ccccc3nc2N2CCCC2)c(C)c1. The van der Waals surface area contributed by atoms with E-state index in [0.29, 0.717) is 5.56 Å². The molecule has 138 valence electrons. The summed E-state index contributed by atoms with van der Waals surface area (Å²) in [6.07, 6.45) is 2.30. The van der Waals surface area contributed by atoms with Crippen LogP contribution in [0.15, 0.2) is 48.5 Å². The van der Waals surface area contributed by atoms with Crippen molar-refractivity contribution in [1.82, 2.24) is 4.98 Å². The highest BCUT2D eigenvalue weighted by molar-refractivity contribution is 6.11. The molecule has 0 spiro atoms. The zero-order valence-corrected chi connectivity index (χ0v) is 16.2. The van der Waals surface area contributed by atoms with Gasteiger partial charge in [-0.1, -0.05) is 35.9 Å². The molecular formula is C23H25N3O. The largest absolute Gasteiger partial charge is 0.356 e. The second-order valence-corrected chi connectivity index (χ2v) is 7.40. The third kappa shape index (κ3) is 3.27. The van der Waals surface area contributed by atoms with E-state index in [2.05, 4.69) is 17.9 Å². The normalized spacial score (nSPS) is 14.0. The Balaban J connectivity index is 1.80.